The van der Waals surface area contributed by atoms with Crippen LogP contribution in [0.5, 0.6) is 5.75 Å². The van der Waals surface area contributed by atoms with E-state index in [1.165, 1.54) is 12.1 Å². The third kappa shape index (κ3) is 16.7. The molecular formula is C17H34N2O5+2. The van der Waals surface area contributed by atoms with Crippen molar-refractivity contribution in [3.05, 3.63) is 29.8 Å². The van der Waals surface area contributed by atoms with E-state index in [0.29, 0.717) is 0 Å². The molecule has 0 amide bonds. The lowest BCUT2D eigenvalue weighted by molar-refractivity contribution is -0.870. The monoisotopic (exact) mass is 346 g/mol. The first kappa shape index (κ1) is 24.6. The van der Waals surface area contributed by atoms with E-state index in [2.05, 4.69) is 42.3 Å². The van der Waals surface area contributed by atoms with Crippen LogP contribution in [0.1, 0.15) is 10.4 Å². The molecule has 4 N–H and O–H groups in total. The van der Waals surface area contributed by atoms with Crippen molar-refractivity contribution in [1.82, 2.24) is 0 Å². The molecule has 140 valence electrons. The van der Waals surface area contributed by atoms with Gasteiger partial charge in [-0.15, -0.1) is 0 Å². The molecule has 0 atom stereocenters. The van der Waals surface area contributed by atoms with Crippen LogP contribution in [0.4, 0.5) is 0 Å². The van der Waals surface area contributed by atoms with Crippen molar-refractivity contribution in [3.8, 4) is 5.75 Å². The molecule has 1 rings (SSSR count). The number of aromatic hydroxyl groups is 1. The van der Waals surface area contributed by atoms with Crippen molar-refractivity contribution in [2.24, 2.45) is 0 Å². The molecule has 0 spiro atoms. The SMILES string of the molecule is C[N+](C)(C)CCO.C[N+](C)(C)CCO.O=C(O)c1ccccc1O. The largest absolute Gasteiger partial charge is 0.507 e. The zero-order valence-electron chi connectivity index (χ0n) is 15.7. The molecule has 7 heteroatoms. The third-order valence-electron chi connectivity index (χ3n) is 2.68. The molecule has 0 radical (unpaired) electrons. The number of phenols is 1. The first-order chi connectivity index (χ1) is 10.8. The van der Waals surface area contributed by atoms with Crippen molar-refractivity contribution >= 4 is 5.97 Å². The maximum atomic E-state index is 10.3. The number of hydrogen-bond acceptors (Lipinski definition) is 4. The van der Waals surface area contributed by atoms with Gasteiger partial charge < -0.3 is 29.4 Å². The molecule has 7 nitrogen and oxygen atoms in total. The zero-order valence-corrected chi connectivity index (χ0v) is 15.7. The number of para-hydroxylation sites is 1. The van der Waals surface area contributed by atoms with Crippen molar-refractivity contribution in [3.63, 3.8) is 0 Å². The Morgan fingerprint density at radius 3 is 1.42 bits per heavy atom. The number of carbonyl (C=O) groups is 1. The van der Waals surface area contributed by atoms with Crippen molar-refractivity contribution in [2.45, 2.75) is 0 Å². The number of aromatic carboxylic acids is 1. The zero-order chi connectivity index (χ0) is 19.4. The minimum atomic E-state index is -1.11. The van der Waals surface area contributed by atoms with E-state index in [-0.39, 0.29) is 24.5 Å². The van der Waals surface area contributed by atoms with Crippen LogP contribution in [0.3, 0.4) is 0 Å². The van der Waals surface area contributed by atoms with E-state index in [1.807, 2.05) is 0 Å². The van der Waals surface area contributed by atoms with Crippen LogP contribution in [0, 0.1) is 0 Å². The van der Waals surface area contributed by atoms with E-state index < -0.39 is 5.97 Å². The molecule has 0 fully saturated rings. The smallest absolute Gasteiger partial charge is 0.339 e. The minimum absolute atomic E-state index is 0.0671. The fourth-order valence-electron chi connectivity index (χ4n) is 1.25. The molecular weight excluding hydrogens is 312 g/mol. The summed E-state index contributed by atoms with van der Waals surface area (Å²) in [5.41, 5.74) is -0.0671. The van der Waals surface area contributed by atoms with E-state index in [0.717, 1.165) is 22.1 Å². The van der Waals surface area contributed by atoms with Gasteiger partial charge in [0.15, 0.2) is 0 Å². The molecule has 1 aromatic carbocycles. The number of aliphatic hydroxyl groups excluding tert-OH is 2. The molecule has 0 aromatic heterocycles. The Hall–Kier alpha value is -1.67. The topological polar surface area (TPSA) is 98.0 Å². The lowest BCUT2D eigenvalue weighted by atomic mass is 10.2. The normalized spacial score (nSPS) is 10.8. The summed E-state index contributed by atoms with van der Waals surface area (Å²) in [4.78, 5) is 10.3. The summed E-state index contributed by atoms with van der Waals surface area (Å²) in [5, 5.41) is 34.1. The van der Waals surface area contributed by atoms with Gasteiger partial charge in [-0.3, -0.25) is 0 Å². The van der Waals surface area contributed by atoms with Crippen LogP contribution < -0.4 is 0 Å². The molecule has 0 aliphatic heterocycles. The highest BCUT2D eigenvalue weighted by atomic mass is 16.4. The van der Waals surface area contributed by atoms with Crippen LogP contribution in [0.2, 0.25) is 0 Å². The van der Waals surface area contributed by atoms with E-state index >= 15 is 0 Å². The summed E-state index contributed by atoms with van der Waals surface area (Å²) in [6.45, 7) is 2.23. The van der Waals surface area contributed by atoms with Gasteiger partial charge in [-0.2, -0.15) is 0 Å². The number of benzene rings is 1. The predicted octanol–water partition coefficient (Wildman–Crippen LogP) is 0.460. The second-order valence-corrected chi connectivity index (χ2v) is 7.30. The van der Waals surface area contributed by atoms with Crippen LogP contribution in [-0.4, -0.2) is 104 Å². The minimum Gasteiger partial charge on any atom is -0.507 e. The summed E-state index contributed by atoms with van der Waals surface area (Å²) >= 11 is 0. The van der Waals surface area contributed by atoms with Gasteiger partial charge in [0.25, 0.3) is 0 Å². The molecule has 1 aromatic rings. The first-order valence-electron chi connectivity index (χ1n) is 7.68. The Morgan fingerprint density at radius 2 is 1.25 bits per heavy atom. The number of carboxylic acids is 1. The molecule has 24 heavy (non-hydrogen) atoms. The predicted molar refractivity (Wildman–Crippen MR) is 95.0 cm³/mol. The van der Waals surface area contributed by atoms with Crippen LogP contribution >= 0.6 is 0 Å². The van der Waals surface area contributed by atoms with Gasteiger partial charge in [0, 0.05) is 0 Å². The molecule has 0 saturated heterocycles. The molecule has 0 aliphatic rings. The number of nitrogens with zero attached hydrogens (tertiary/aromatic N) is 2. The Kier molecular flexibility index (Phi) is 12.1. The Bertz CT molecular complexity index is 449. The van der Waals surface area contributed by atoms with Crippen LogP contribution in [0.25, 0.3) is 0 Å². The highest BCUT2D eigenvalue weighted by Gasteiger charge is 2.05. The molecule has 0 bridgehead atoms. The molecule has 0 aliphatic carbocycles. The Balaban J connectivity index is 0. The Labute approximate surface area is 145 Å². The number of carboxylic acid groups (broad SMARTS) is 1. The highest BCUT2D eigenvalue weighted by Crippen LogP contribution is 2.14. The second-order valence-electron chi connectivity index (χ2n) is 7.30. The highest BCUT2D eigenvalue weighted by molar-refractivity contribution is 5.90. The summed E-state index contributed by atoms with van der Waals surface area (Å²) in [5.74, 6) is -1.31. The average molecular weight is 346 g/mol. The lowest BCUT2D eigenvalue weighted by Gasteiger charge is -2.21. The third-order valence-corrected chi connectivity index (χ3v) is 2.68. The maximum Gasteiger partial charge on any atom is 0.339 e. The van der Waals surface area contributed by atoms with E-state index in [9.17, 15) is 4.79 Å². The number of quaternary nitrogens is 2. The second kappa shape index (κ2) is 11.8. The summed E-state index contributed by atoms with van der Waals surface area (Å²) < 4.78 is 1.69. The van der Waals surface area contributed by atoms with Gasteiger partial charge in [0.2, 0.25) is 0 Å². The van der Waals surface area contributed by atoms with Crippen LogP contribution in [-0.2, 0) is 0 Å². The number of hydrogen-bond donors (Lipinski definition) is 4. The quantitative estimate of drug-likeness (QED) is 0.581. The fraction of sp³-hybridized carbons (Fsp3) is 0.588. The number of rotatable bonds is 5. The maximum absolute atomic E-state index is 10.3. The van der Waals surface area contributed by atoms with Crippen LogP contribution in [0.15, 0.2) is 24.3 Å². The first-order valence-corrected chi connectivity index (χ1v) is 7.68. The van der Waals surface area contributed by atoms with Gasteiger partial charge in [-0.1, -0.05) is 12.1 Å². The number of likely N-dealkylation sites (N-methyl/N-ethyl adjacent to an activating group) is 2. The fourth-order valence-corrected chi connectivity index (χ4v) is 1.25. The van der Waals surface area contributed by atoms with E-state index in [1.54, 1.807) is 12.1 Å². The van der Waals surface area contributed by atoms with Crippen molar-refractivity contribution in [1.29, 1.82) is 0 Å². The Morgan fingerprint density at radius 1 is 0.875 bits per heavy atom. The summed E-state index contributed by atoms with van der Waals surface area (Å²) in [6.07, 6.45) is 0. The standard InChI is InChI=1S/C7H6O3.2C5H14NO/c8-6-4-2-1-3-5(6)7(9)10;2*1-6(2,3)4-5-7/h1-4,8H,(H,9,10);2*7H,4-5H2,1-3H3/q;2*+1. The summed E-state index contributed by atoms with van der Waals surface area (Å²) in [7, 11) is 12.3. The van der Waals surface area contributed by atoms with Gasteiger partial charge in [-0.25, -0.2) is 4.79 Å². The van der Waals surface area contributed by atoms with Gasteiger partial charge in [0.05, 0.1) is 55.5 Å². The van der Waals surface area contributed by atoms with Crippen molar-refractivity contribution in [2.75, 3.05) is 68.6 Å². The lowest BCUT2D eigenvalue weighted by Crippen LogP contribution is -2.36. The van der Waals surface area contributed by atoms with Crippen molar-refractivity contribution < 1.29 is 34.2 Å². The molecule has 0 saturated carbocycles. The molecule has 0 unspecified atom stereocenters. The summed E-state index contributed by atoms with van der Waals surface area (Å²) in [6, 6.07) is 5.81. The van der Waals surface area contributed by atoms with E-state index in [4.69, 9.17) is 20.4 Å². The number of aliphatic hydroxyl groups is 2. The van der Waals surface area contributed by atoms with Gasteiger partial charge in [0.1, 0.15) is 24.4 Å². The molecule has 0 heterocycles. The average Bonchev–Trinajstić information content (AvgIpc) is 2.37. The van der Waals surface area contributed by atoms with Gasteiger partial charge in [-0.05, 0) is 12.1 Å². The van der Waals surface area contributed by atoms with Gasteiger partial charge >= 0.3 is 5.97 Å².